The number of hydrogen-bond acceptors (Lipinski definition) is 3. The van der Waals surface area contributed by atoms with Crippen LogP contribution in [0.1, 0.15) is 17.5 Å². The molecule has 0 aliphatic heterocycles. The van der Waals surface area contributed by atoms with Crippen molar-refractivity contribution >= 4 is 22.4 Å². The van der Waals surface area contributed by atoms with Gasteiger partial charge in [-0.25, -0.2) is 0 Å². The number of fused-ring (bicyclic) bond motifs is 1. The van der Waals surface area contributed by atoms with Gasteiger partial charge >= 0.3 is 0 Å². The highest BCUT2D eigenvalue weighted by Gasteiger charge is 2.13. The molecule has 0 bridgehead atoms. The maximum atomic E-state index is 12.5. The van der Waals surface area contributed by atoms with Crippen LogP contribution in [0.3, 0.4) is 0 Å². The van der Waals surface area contributed by atoms with Crippen LogP contribution in [0.5, 0.6) is 5.75 Å². The molecule has 0 fully saturated rings. The minimum atomic E-state index is -0.258. The number of amides is 1. The summed E-state index contributed by atoms with van der Waals surface area (Å²) in [5.41, 5.74) is 3.99. The number of hydrogen-bond donors (Lipinski definition) is 3. The highest BCUT2D eigenvalue weighted by atomic mass is 16.3. The van der Waals surface area contributed by atoms with Crippen LogP contribution in [0.15, 0.2) is 77.7 Å². The van der Waals surface area contributed by atoms with E-state index in [-0.39, 0.29) is 17.2 Å². The van der Waals surface area contributed by atoms with Crippen molar-refractivity contribution in [3.63, 3.8) is 0 Å². The van der Waals surface area contributed by atoms with Crippen molar-refractivity contribution in [2.45, 2.75) is 19.8 Å². The summed E-state index contributed by atoms with van der Waals surface area (Å²) in [7, 11) is 0. The first-order valence-corrected chi connectivity index (χ1v) is 9.81. The number of nitrogens with one attached hydrogen (secondary N) is 2. The minimum absolute atomic E-state index is 0.0441. The number of H-pyrrole nitrogens is 1. The summed E-state index contributed by atoms with van der Waals surface area (Å²) < 4.78 is 0. The van der Waals surface area contributed by atoms with Gasteiger partial charge in [0.2, 0.25) is 5.91 Å². The van der Waals surface area contributed by atoms with Gasteiger partial charge in [0.05, 0.1) is 5.39 Å². The fourth-order valence-electron chi connectivity index (χ4n) is 3.57. The van der Waals surface area contributed by atoms with Gasteiger partial charge in [0.15, 0.2) is 0 Å². The van der Waals surface area contributed by atoms with Gasteiger partial charge in [-0.1, -0.05) is 48.5 Å². The molecule has 0 saturated heterocycles. The lowest BCUT2D eigenvalue weighted by Crippen LogP contribution is -2.13. The highest BCUT2D eigenvalue weighted by Crippen LogP contribution is 2.34. The number of phenols is 1. The fourth-order valence-corrected chi connectivity index (χ4v) is 3.57. The maximum Gasteiger partial charge on any atom is 0.255 e. The number of carbonyl (C=O) groups excluding carboxylic acids is 1. The Morgan fingerprint density at radius 1 is 1.03 bits per heavy atom. The van der Waals surface area contributed by atoms with Crippen molar-refractivity contribution in [2.75, 3.05) is 5.32 Å². The first-order chi connectivity index (χ1) is 14.5. The van der Waals surface area contributed by atoms with Gasteiger partial charge in [-0.2, -0.15) is 0 Å². The summed E-state index contributed by atoms with van der Waals surface area (Å²) in [6.07, 6.45) is 2.65. The maximum absolute atomic E-state index is 12.5. The number of carbonyl (C=O) groups is 1. The Balaban J connectivity index is 1.63. The summed E-state index contributed by atoms with van der Waals surface area (Å²) in [6, 6.07) is 20.5. The van der Waals surface area contributed by atoms with E-state index in [2.05, 4.69) is 10.3 Å². The van der Waals surface area contributed by atoms with Crippen molar-refractivity contribution in [2.24, 2.45) is 0 Å². The molecule has 5 nitrogen and oxygen atoms in total. The van der Waals surface area contributed by atoms with Crippen LogP contribution in [-0.4, -0.2) is 16.0 Å². The van der Waals surface area contributed by atoms with E-state index in [4.69, 9.17) is 0 Å². The number of aromatic amines is 1. The molecule has 30 heavy (non-hydrogen) atoms. The monoisotopic (exact) mass is 398 g/mol. The quantitative estimate of drug-likeness (QED) is 0.452. The van der Waals surface area contributed by atoms with Gasteiger partial charge in [-0.15, -0.1) is 0 Å². The molecule has 0 unspecified atom stereocenters. The molecule has 4 rings (SSSR count). The van der Waals surface area contributed by atoms with Crippen molar-refractivity contribution in [1.29, 1.82) is 0 Å². The number of phenolic OH excluding ortho intramolecular Hbond substituents is 1. The Morgan fingerprint density at radius 2 is 1.83 bits per heavy atom. The molecule has 1 aromatic heterocycles. The SMILES string of the molecule is Cc1ccc(-c2c[nH]c(=O)c3cccc(O)c23)cc1NC(=O)CCc1ccccc1. The number of anilines is 1. The number of aromatic nitrogens is 1. The van der Waals surface area contributed by atoms with Crippen LogP contribution in [0.2, 0.25) is 0 Å². The van der Waals surface area contributed by atoms with Gasteiger partial charge < -0.3 is 15.4 Å². The van der Waals surface area contributed by atoms with Crippen LogP contribution >= 0.6 is 0 Å². The van der Waals surface area contributed by atoms with E-state index in [9.17, 15) is 14.7 Å². The lowest BCUT2D eigenvalue weighted by molar-refractivity contribution is -0.116. The third kappa shape index (κ3) is 3.96. The average molecular weight is 398 g/mol. The van der Waals surface area contributed by atoms with E-state index >= 15 is 0 Å². The van der Waals surface area contributed by atoms with E-state index in [1.165, 1.54) is 0 Å². The number of aryl methyl sites for hydroxylation is 2. The molecule has 3 N–H and O–H groups in total. The van der Waals surface area contributed by atoms with Gasteiger partial charge in [0, 0.05) is 29.3 Å². The summed E-state index contributed by atoms with van der Waals surface area (Å²) in [6.45, 7) is 1.93. The zero-order chi connectivity index (χ0) is 21.1. The number of pyridine rings is 1. The Hall–Kier alpha value is -3.86. The molecule has 0 aliphatic rings. The Labute approximate surface area is 174 Å². The van der Waals surface area contributed by atoms with E-state index < -0.39 is 0 Å². The van der Waals surface area contributed by atoms with Crippen LogP contribution in [0.25, 0.3) is 21.9 Å². The normalized spacial score (nSPS) is 10.8. The van der Waals surface area contributed by atoms with Crippen LogP contribution in [0, 0.1) is 6.92 Å². The third-order valence-electron chi connectivity index (χ3n) is 5.21. The molecule has 3 aromatic carbocycles. The van der Waals surface area contributed by atoms with E-state index in [1.807, 2.05) is 55.5 Å². The number of aromatic hydroxyl groups is 1. The van der Waals surface area contributed by atoms with Gasteiger partial charge in [0.25, 0.3) is 5.56 Å². The predicted octanol–water partition coefficient (Wildman–Crippen LogP) is 4.78. The number of benzene rings is 3. The highest BCUT2D eigenvalue weighted by molar-refractivity contribution is 6.01. The molecule has 0 spiro atoms. The van der Waals surface area contributed by atoms with Crippen LogP contribution in [-0.2, 0) is 11.2 Å². The molecule has 0 saturated carbocycles. The summed E-state index contributed by atoms with van der Waals surface area (Å²) in [5, 5.41) is 14.3. The van der Waals surface area contributed by atoms with Gasteiger partial charge in [-0.05, 0) is 48.2 Å². The van der Waals surface area contributed by atoms with Crippen LogP contribution < -0.4 is 10.9 Å². The molecule has 0 atom stereocenters. The summed E-state index contributed by atoms with van der Waals surface area (Å²) in [4.78, 5) is 27.4. The second-order valence-electron chi connectivity index (χ2n) is 7.29. The van der Waals surface area contributed by atoms with E-state index in [0.717, 1.165) is 16.7 Å². The largest absolute Gasteiger partial charge is 0.507 e. The Kier molecular flexibility index (Phi) is 5.35. The summed E-state index contributed by atoms with van der Waals surface area (Å²) >= 11 is 0. The van der Waals surface area contributed by atoms with Crippen molar-refractivity contribution in [3.05, 3.63) is 94.4 Å². The Morgan fingerprint density at radius 3 is 2.63 bits per heavy atom. The van der Waals surface area contributed by atoms with Gasteiger partial charge in [-0.3, -0.25) is 9.59 Å². The van der Waals surface area contributed by atoms with E-state index in [0.29, 0.717) is 34.9 Å². The van der Waals surface area contributed by atoms with Gasteiger partial charge in [0.1, 0.15) is 5.75 Å². The molecular weight excluding hydrogens is 376 g/mol. The molecular formula is C25H22N2O3. The van der Waals surface area contributed by atoms with Crippen molar-refractivity contribution in [1.82, 2.24) is 4.98 Å². The topological polar surface area (TPSA) is 82.2 Å². The first-order valence-electron chi connectivity index (χ1n) is 9.81. The zero-order valence-electron chi connectivity index (χ0n) is 16.6. The molecule has 4 aromatic rings. The van der Waals surface area contributed by atoms with Crippen LogP contribution in [0.4, 0.5) is 5.69 Å². The third-order valence-corrected chi connectivity index (χ3v) is 5.21. The molecule has 1 amide bonds. The minimum Gasteiger partial charge on any atom is -0.507 e. The number of rotatable bonds is 5. The lowest BCUT2D eigenvalue weighted by Gasteiger charge is -2.13. The smallest absolute Gasteiger partial charge is 0.255 e. The molecule has 150 valence electrons. The molecule has 0 radical (unpaired) electrons. The standard InChI is InChI=1S/C25H22N2O3/c1-16-10-12-18(20-15-26-25(30)19-8-5-9-22(28)24(19)20)14-21(16)27-23(29)13-11-17-6-3-2-4-7-17/h2-10,12,14-15,28H,11,13H2,1H3,(H,26,30)(H,27,29). The molecule has 0 aliphatic carbocycles. The van der Waals surface area contributed by atoms with Crippen molar-refractivity contribution in [3.8, 4) is 16.9 Å². The average Bonchev–Trinajstić information content (AvgIpc) is 2.76. The Bertz CT molecular complexity index is 1280. The molecule has 5 heteroatoms. The second-order valence-corrected chi connectivity index (χ2v) is 7.29. The second kappa shape index (κ2) is 8.25. The fraction of sp³-hybridized carbons (Fsp3) is 0.120. The van der Waals surface area contributed by atoms with E-state index in [1.54, 1.807) is 24.4 Å². The molecule has 1 heterocycles. The first kappa shape index (κ1) is 19.5. The summed E-state index contributed by atoms with van der Waals surface area (Å²) in [5.74, 6) is -0.0177. The van der Waals surface area contributed by atoms with Crippen molar-refractivity contribution < 1.29 is 9.90 Å². The zero-order valence-corrected chi connectivity index (χ0v) is 16.6. The lowest BCUT2D eigenvalue weighted by atomic mass is 9.98. The predicted molar refractivity (Wildman–Crippen MR) is 120 cm³/mol.